The molecule has 162 valence electrons. The van der Waals surface area contributed by atoms with Crippen LogP contribution < -0.4 is 4.90 Å². The minimum atomic E-state index is -1.10. The van der Waals surface area contributed by atoms with Crippen molar-refractivity contribution in [3.8, 4) is 11.8 Å². The lowest BCUT2D eigenvalue weighted by molar-refractivity contribution is -0.122. The topological polar surface area (TPSA) is 71.3 Å². The Labute approximate surface area is 183 Å². The molecule has 1 aliphatic rings. The molecule has 1 aromatic heterocycles. The van der Waals surface area contributed by atoms with Crippen LogP contribution >= 0.6 is 0 Å². The minimum absolute atomic E-state index is 0.0854. The number of aryl methyl sites for hydroxylation is 1. The molecule has 7 nitrogen and oxygen atoms in total. The van der Waals surface area contributed by atoms with E-state index in [1.54, 1.807) is 44.4 Å². The van der Waals surface area contributed by atoms with Gasteiger partial charge < -0.3 is 4.90 Å². The average Bonchev–Trinajstić information content (AvgIpc) is 3.20. The van der Waals surface area contributed by atoms with Crippen LogP contribution in [0, 0.1) is 23.5 Å². The first-order chi connectivity index (χ1) is 15.2. The van der Waals surface area contributed by atoms with Crippen molar-refractivity contribution in [3.05, 3.63) is 77.1 Å². The second-order valence-corrected chi connectivity index (χ2v) is 7.70. The van der Waals surface area contributed by atoms with Crippen molar-refractivity contribution in [1.29, 1.82) is 0 Å². The van der Waals surface area contributed by atoms with E-state index in [0.717, 1.165) is 12.1 Å². The van der Waals surface area contributed by atoms with E-state index in [1.807, 2.05) is 6.07 Å². The number of nitrogens with zero attached hydrogens (tertiary/aromatic N) is 5. The van der Waals surface area contributed by atoms with Gasteiger partial charge in [0, 0.05) is 25.2 Å². The monoisotopic (exact) mass is 435 g/mol. The van der Waals surface area contributed by atoms with E-state index >= 15 is 0 Å². The molecule has 0 N–H and O–H groups in total. The Bertz CT molecular complexity index is 1260. The lowest BCUT2D eigenvalue weighted by Crippen LogP contribution is -2.60. The second kappa shape index (κ2) is 7.89. The van der Waals surface area contributed by atoms with E-state index in [2.05, 4.69) is 22.2 Å². The van der Waals surface area contributed by atoms with Gasteiger partial charge in [-0.15, -0.1) is 5.10 Å². The molecule has 0 aliphatic carbocycles. The molecule has 0 bridgehead atoms. The van der Waals surface area contributed by atoms with Crippen LogP contribution in [0.4, 0.5) is 19.3 Å². The number of carbonyl (C=O) groups excluding carboxylic acids is 2. The zero-order valence-electron chi connectivity index (χ0n) is 17.6. The van der Waals surface area contributed by atoms with Crippen molar-refractivity contribution in [1.82, 2.24) is 19.9 Å². The van der Waals surface area contributed by atoms with Crippen LogP contribution in [0.3, 0.4) is 0 Å². The molecule has 0 spiro atoms. The van der Waals surface area contributed by atoms with Crippen molar-refractivity contribution in [2.24, 2.45) is 7.05 Å². The number of benzene rings is 2. The van der Waals surface area contributed by atoms with E-state index in [9.17, 15) is 18.4 Å². The van der Waals surface area contributed by atoms with Gasteiger partial charge in [-0.05, 0) is 31.2 Å². The molecule has 0 radical (unpaired) electrons. The van der Waals surface area contributed by atoms with E-state index < -0.39 is 34.8 Å². The number of aromatic nitrogens is 3. The van der Waals surface area contributed by atoms with Gasteiger partial charge in [0.1, 0.15) is 11.4 Å². The third-order valence-corrected chi connectivity index (χ3v) is 5.48. The van der Waals surface area contributed by atoms with Gasteiger partial charge in [-0.1, -0.05) is 35.3 Å². The summed E-state index contributed by atoms with van der Waals surface area (Å²) in [7, 11) is 3.11. The number of hydrogen-bond acceptors (Lipinski definition) is 4. The molecular weight excluding hydrogens is 416 g/mol. The van der Waals surface area contributed by atoms with Gasteiger partial charge in [0.15, 0.2) is 11.6 Å². The van der Waals surface area contributed by atoms with Crippen LogP contribution in [0.1, 0.15) is 30.2 Å². The zero-order valence-corrected chi connectivity index (χ0v) is 17.6. The van der Waals surface area contributed by atoms with Gasteiger partial charge in [-0.2, -0.15) is 0 Å². The van der Waals surface area contributed by atoms with Gasteiger partial charge in [0.2, 0.25) is 5.91 Å². The van der Waals surface area contributed by atoms with Crippen molar-refractivity contribution in [3.63, 3.8) is 0 Å². The van der Waals surface area contributed by atoms with Crippen LogP contribution in [0.2, 0.25) is 0 Å². The number of hydrogen-bond donors (Lipinski definition) is 0. The first-order valence-corrected chi connectivity index (χ1v) is 9.74. The zero-order chi connectivity index (χ0) is 23.0. The maximum Gasteiger partial charge on any atom is 0.332 e. The highest BCUT2D eigenvalue weighted by molar-refractivity contribution is 6.16. The molecule has 3 aromatic rings. The summed E-state index contributed by atoms with van der Waals surface area (Å²) in [5, 5.41) is 7.85. The summed E-state index contributed by atoms with van der Waals surface area (Å²) in [6.45, 7) is 1.65. The number of carbonyl (C=O) groups is 2. The van der Waals surface area contributed by atoms with Gasteiger partial charge in [0.25, 0.3) is 0 Å². The summed E-state index contributed by atoms with van der Waals surface area (Å²) in [5.74, 6) is 2.65. The average molecular weight is 435 g/mol. The van der Waals surface area contributed by atoms with Crippen LogP contribution in [-0.2, 0) is 17.4 Å². The molecule has 0 saturated carbocycles. The molecular formula is C23H19F2N5O2. The Morgan fingerprint density at radius 2 is 1.62 bits per heavy atom. The Balaban J connectivity index is 1.67. The van der Waals surface area contributed by atoms with Crippen molar-refractivity contribution < 1.29 is 18.4 Å². The molecule has 3 amide bonds. The lowest BCUT2D eigenvalue weighted by atomic mass is 9.89. The number of urea groups is 1. The smallest absolute Gasteiger partial charge is 0.315 e. The molecule has 0 unspecified atom stereocenters. The largest absolute Gasteiger partial charge is 0.332 e. The summed E-state index contributed by atoms with van der Waals surface area (Å²) < 4.78 is 31.3. The lowest BCUT2D eigenvalue weighted by Gasteiger charge is -2.44. The van der Waals surface area contributed by atoms with Crippen molar-refractivity contribution in [2.45, 2.75) is 18.9 Å². The van der Waals surface area contributed by atoms with Gasteiger partial charge in [0.05, 0.1) is 18.2 Å². The molecule has 1 atom stereocenters. The molecule has 2 heterocycles. The first kappa shape index (κ1) is 21.2. The van der Waals surface area contributed by atoms with Crippen LogP contribution in [0.5, 0.6) is 0 Å². The SMILES string of the molecule is CN1C(=O)N(c2c(F)cc(C#Cc3ccccc3)cc2F)C(=O)C[C@@]1(C)c1cn(C)nn1. The van der Waals surface area contributed by atoms with E-state index in [4.69, 9.17) is 0 Å². The number of amides is 3. The summed E-state index contributed by atoms with van der Waals surface area (Å²) in [5.41, 5.74) is -0.659. The van der Waals surface area contributed by atoms with Crippen LogP contribution in [0.15, 0.2) is 48.7 Å². The molecule has 2 aromatic carbocycles. The van der Waals surface area contributed by atoms with E-state index in [0.29, 0.717) is 16.2 Å². The van der Waals surface area contributed by atoms with Gasteiger partial charge >= 0.3 is 6.03 Å². The van der Waals surface area contributed by atoms with E-state index in [1.165, 1.54) is 16.6 Å². The Morgan fingerprint density at radius 3 is 2.22 bits per heavy atom. The summed E-state index contributed by atoms with van der Waals surface area (Å²) in [6.07, 6.45) is 1.37. The maximum absolute atomic E-state index is 14.9. The summed E-state index contributed by atoms with van der Waals surface area (Å²) >= 11 is 0. The fraction of sp³-hybridized carbons (Fsp3) is 0.217. The highest BCUT2D eigenvalue weighted by atomic mass is 19.1. The summed E-state index contributed by atoms with van der Waals surface area (Å²) in [4.78, 5) is 27.7. The number of imide groups is 1. The normalized spacial score (nSPS) is 18.5. The maximum atomic E-state index is 14.9. The van der Waals surface area contributed by atoms with Crippen molar-refractivity contribution >= 4 is 17.6 Å². The Hall–Kier alpha value is -4.06. The number of anilines is 1. The fourth-order valence-electron chi connectivity index (χ4n) is 3.55. The number of rotatable bonds is 2. The number of halogens is 2. The quantitative estimate of drug-likeness (QED) is 0.580. The molecule has 1 aliphatic heterocycles. The van der Waals surface area contributed by atoms with E-state index in [-0.39, 0.29) is 12.0 Å². The fourth-order valence-corrected chi connectivity index (χ4v) is 3.55. The van der Waals surface area contributed by atoms with Crippen LogP contribution in [0.25, 0.3) is 0 Å². The third kappa shape index (κ3) is 3.60. The molecule has 9 heteroatoms. The predicted molar refractivity (Wildman–Crippen MR) is 112 cm³/mol. The first-order valence-electron chi connectivity index (χ1n) is 9.74. The standard InChI is InChI=1S/C23H19F2N5O2/c1-23(19-14-28(2)27-26-19)13-20(31)30(22(32)29(23)3)21-17(24)11-16(12-18(21)25)10-9-15-7-5-4-6-8-15/h4-8,11-12,14H,13H2,1-3H3/t23-/m0/s1. The second-order valence-electron chi connectivity index (χ2n) is 7.70. The molecule has 32 heavy (non-hydrogen) atoms. The van der Waals surface area contributed by atoms with Gasteiger partial charge in [-0.3, -0.25) is 9.48 Å². The molecule has 1 fully saturated rings. The van der Waals surface area contributed by atoms with Crippen LogP contribution in [-0.4, -0.2) is 38.9 Å². The highest BCUT2D eigenvalue weighted by Crippen LogP contribution is 2.38. The predicted octanol–water partition coefficient (Wildman–Crippen LogP) is 3.20. The third-order valence-electron chi connectivity index (χ3n) is 5.48. The highest BCUT2D eigenvalue weighted by Gasteiger charge is 2.49. The molecule has 1 saturated heterocycles. The summed E-state index contributed by atoms with van der Waals surface area (Å²) in [6, 6.07) is 10.1. The Kier molecular flexibility index (Phi) is 5.22. The molecule has 4 rings (SSSR count). The Morgan fingerprint density at radius 1 is 1.00 bits per heavy atom. The van der Waals surface area contributed by atoms with Gasteiger partial charge in [-0.25, -0.2) is 18.5 Å². The minimum Gasteiger partial charge on any atom is -0.315 e. The van der Waals surface area contributed by atoms with Crippen molar-refractivity contribution in [2.75, 3.05) is 11.9 Å².